The zero-order valence-electron chi connectivity index (χ0n) is 10.8. The van der Waals surface area contributed by atoms with Crippen LogP contribution in [0.5, 0.6) is 0 Å². The quantitative estimate of drug-likeness (QED) is 0.670. The number of nitro benzene ring substituents is 1. The lowest BCUT2D eigenvalue weighted by atomic mass is 10.1. The number of aliphatic carboxylic acids is 1. The minimum atomic E-state index is -1.30. The molecule has 1 aromatic rings. The summed E-state index contributed by atoms with van der Waals surface area (Å²) in [4.78, 5) is 22.2. The molecule has 0 aromatic heterocycles. The Morgan fingerprint density at radius 1 is 1.52 bits per heavy atom. The topological polar surface area (TPSA) is 92.9 Å². The van der Waals surface area contributed by atoms with Crippen LogP contribution in [0.1, 0.15) is 6.42 Å². The highest BCUT2D eigenvalue weighted by atomic mass is 19.1. The number of carboxylic acids is 1. The Labute approximate surface area is 117 Å². The lowest BCUT2D eigenvalue weighted by molar-refractivity contribution is -0.386. The fourth-order valence-electron chi connectivity index (χ4n) is 2.29. The molecule has 114 valence electrons. The first kappa shape index (κ1) is 15.1. The summed E-state index contributed by atoms with van der Waals surface area (Å²) in [5, 5.41) is 19.8. The third-order valence-corrected chi connectivity index (χ3v) is 3.14. The number of nitro groups is 1. The van der Waals surface area contributed by atoms with Crippen LogP contribution in [0.15, 0.2) is 12.1 Å². The zero-order chi connectivity index (χ0) is 15.6. The molecule has 2 rings (SSSR count). The van der Waals surface area contributed by atoms with Gasteiger partial charge in [-0.15, -0.1) is 0 Å². The first-order chi connectivity index (χ1) is 9.90. The Hall–Kier alpha value is -2.29. The molecule has 0 spiro atoms. The van der Waals surface area contributed by atoms with Gasteiger partial charge in [-0.25, -0.2) is 4.39 Å². The van der Waals surface area contributed by atoms with E-state index in [2.05, 4.69) is 0 Å². The lowest BCUT2D eigenvalue weighted by Gasteiger charge is -2.36. The number of morpholine rings is 1. The monoisotopic (exact) mass is 302 g/mol. The van der Waals surface area contributed by atoms with Crippen molar-refractivity contribution in [1.82, 2.24) is 0 Å². The number of nitrogens with zero attached hydrogens (tertiary/aromatic N) is 2. The molecule has 1 fully saturated rings. The highest BCUT2D eigenvalue weighted by molar-refractivity contribution is 5.70. The first-order valence-corrected chi connectivity index (χ1v) is 6.09. The molecule has 1 saturated heterocycles. The fraction of sp³-hybridized carbons (Fsp3) is 0.417. The summed E-state index contributed by atoms with van der Waals surface area (Å²) in [6, 6.07) is 0.534. The number of carboxylic acid groups (broad SMARTS) is 1. The van der Waals surface area contributed by atoms with Gasteiger partial charge < -0.3 is 14.7 Å². The van der Waals surface area contributed by atoms with Gasteiger partial charge in [-0.2, -0.15) is 4.39 Å². The van der Waals surface area contributed by atoms with Gasteiger partial charge in [-0.05, 0) is 0 Å². The van der Waals surface area contributed by atoms with Crippen molar-refractivity contribution in [1.29, 1.82) is 0 Å². The Bertz CT molecular complexity index is 581. The molecule has 9 heteroatoms. The highest BCUT2D eigenvalue weighted by Crippen LogP contribution is 2.34. The maximum Gasteiger partial charge on any atom is 0.328 e. The second kappa shape index (κ2) is 6.00. The van der Waals surface area contributed by atoms with E-state index in [4.69, 9.17) is 9.84 Å². The predicted molar refractivity (Wildman–Crippen MR) is 67.2 cm³/mol. The van der Waals surface area contributed by atoms with Gasteiger partial charge in [0.2, 0.25) is 5.82 Å². The number of halogens is 2. The van der Waals surface area contributed by atoms with Gasteiger partial charge in [-0.1, -0.05) is 0 Å². The van der Waals surface area contributed by atoms with E-state index in [1.54, 1.807) is 0 Å². The molecule has 1 aliphatic rings. The largest absolute Gasteiger partial charge is 0.481 e. The molecule has 1 atom stereocenters. The minimum Gasteiger partial charge on any atom is -0.481 e. The van der Waals surface area contributed by atoms with Crippen LogP contribution in [-0.2, 0) is 9.53 Å². The molecule has 1 aromatic carbocycles. The average Bonchev–Trinajstić information content (AvgIpc) is 2.37. The molecule has 1 N–H and O–H groups in total. The van der Waals surface area contributed by atoms with E-state index in [0.717, 1.165) is 6.07 Å². The van der Waals surface area contributed by atoms with Gasteiger partial charge in [-0.3, -0.25) is 14.9 Å². The number of benzene rings is 1. The molecule has 21 heavy (non-hydrogen) atoms. The molecule has 1 heterocycles. The third kappa shape index (κ3) is 3.24. The molecule has 1 aliphatic heterocycles. The van der Waals surface area contributed by atoms with Crippen LogP contribution in [0.2, 0.25) is 0 Å². The standard InChI is InChI=1S/C12H12F2N2O5/c13-7-3-9(14)12(16(19)20)10(4-7)15-1-2-21-6-8(15)5-11(17)18/h3-4,8H,1-2,5-6H2,(H,17,18). The van der Waals surface area contributed by atoms with Crippen LogP contribution in [-0.4, -0.2) is 41.8 Å². The van der Waals surface area contributed by atoms with Crippen molar-refractivity contribution < 1.29 is 28.3 Å². The van der Waals surface area contributed by atoms with E-state index in [1.165, 1.54) is 4.90 Å². The second-order valence-corrected chi connectivity index (χ2v) is 4.53. The van der Waals surface area contributed by atoms with Crippen molar-refractivity contribution in [3.63, 3.8) is 0 Å². The Balaban J connectivity index is 2.46. The van der Waals surface area contributed by atoms with Gasteiger partial charge in [0.25, 0.3) is 0 Å². The summed E-state index contributed by atoms with van der Waals surface area (Å²) >= 11 is 0. The first-order valence-electron chi connectivity index (χ1n) is 6.09. The Morgan fingerprint density at radius 2 is 2.24 bits per heavy atom. The third-order valence-electron chi connectivity index (χ3n) is 3.14. The van der Waals surface area contributed by atoms with Crippen molar-refractivity contribution in [2.75, 3.05) is 24.7 Å². The van der Waals surface area contributed by atoms with E-state index in [0.29, 0.717) is 6.07 Å². The molecule has 1 unspecified atom stereocenters. The number of hydrogen-bond acceptors (Lipinski definition) is 5. The predicted octanol–water partition coefficient (Wildman–Crippen LogP) is 1.55. The summed E-state index contributed by atoms with van der Waals surface area (Å²) < 4.78 is 32.2. The Kier molecular flexibility index (Phi) is 4.32. The summed E-state index contributed by atoms with van der Waals surface area (Å²) in [5.41, 5.74) is -1.14. The zero-order valence-corrected chi connectivity index (χ0v) is 10.8. The molecule has 0 radical (unpaired) electrons. The second-order valence-electron chi connectivity index (χ2n) is 4.53. The van der Waals surface area contributed by atoms with Crippen LogP contribution in [0.25, 0.3) is 0 Å². The Morgan fingerprint density at radius 3 is 2.86 bits per heavy atom. The SMILES string of the molecule is O=C(O)CC1COCCN1c1cc(F)cc(F)c1[N+](=O)[O-]. The lowest BCUT2D eigenvalue weighted by Crippen LogP contribution is -2.47. The van der Waals surface area contributed by atoms with E-state index in [-0.39, 0.29) is 31.9 Å². The minimum absolute atomic E-state index is 0.0155. The molecular formula is C12H12F2N2O5. The average molecular weight is 302 g/mol. The van der Waals surface area contributed by atoms with E-state index < -0.39 is 34.3 Å². The van der Waals surface area contributed by atoms with Gasteiger partial charge in [0, 0.05) is 18.7 Å². The van der Waals surface area contributed by atoms with Gasteiger partial charge >= 0.3 is 11.7 Å². The van der Waals surface area contributed by atoms with Gasteiger partial charge in [0.1, 0.15) is 11.5 Å². The molecule has 7 nitrogen and oxygen atoms in total. The number of anilines is 1. The number of carbonyl (C=O) groups is 1. The molecular weight excluding hydrogens is 290 g/mol. The van der Waals surface area contributed by atoms with Crippen LogP contribution in [0.3, 0.4) is 0 Å². The van der Waals surface area contributed by atoms with Crippen LogP contribution in [0.4, 0.5) is 20.2 Å². The summed E-state index contributed by atoms with van der Waals surface area (Å²) in [5.74, 6) is -3.39. The maximum atomic E-state index is 13.7. The van der Waals surface area contributed by atoms with Crippen LogP contribution >= 0.6 is 0 Å². The molecule has 0 saturated carbocycles. The number of hydrogen-bond donors (Lipinski definition) is 1. The van der Waals surface area contributed by atoms with E-state index >= 15 is 0 Å². The van der Waals surface area contributed by atoms with Crippen molar-refractivity contribution >= 4 is 17.3 Å². The van der Waals surface area contributed by atoms with Crippen molar-refractivity contribution in [3.8, 4) is 0 Å². The van der Waals surface area contributed by atoms with Crippen molar-refractivity contribution in [2.24, 2.45) is 0 Å². The van der Waals surface area contributed by atoms with Crippen LogP contribution < -0.4 is 4.90 Å². The maximum absolute atomic E-state index is 13.7. The number of ether oxygens (including phenoxy) is 1. The fourth-order valence-corrected chi connectivity index (χ4v) is 2.29. The highest BCUT2D eigenvalue weighted by Gasteiger charge is 2.32. The van der Waals surface area contributed by atoms with E-state index in [9.17, 15) is 23.7 Å². The van der Waals surface area contributed by atoms with Crippen molar-refractivity contribution in [3.05, 3.63) is 33.9 Å². The van der Waals surface area contributed by atoms with Gasteiger partial charge in [0.05, 0.1) is 30.6 Å². The van der Waals surface area contributed by atoms with E-state index in [1.807, 2.05) is 0 Å². The normalized spacial score (nSPS) is 18.6. The smallest absolute Gasteiger partial charge is 0.328 e. The molecule has 0 bridgehead atoms. The molecule has 0 aliphatic carbocycles. The summed E-state index contributed by atoms with van der Waals surface area (Å²) in [6.07, 6.45) is -0.352. The van der Waals surface area contributed by atoms with Crippen LogP contribution in [0, 0.1) is 21.7 Å². The molecule has 0 amide bonds. The number of rotatable bonds is 4. The van der Waals surface area contributed by atoms with Crippen molar-refractivity contribution in [2.45, 2.75) is 12.5 Å². The summed E-state index contributed by atoms with van der Waals surface area (Å²) in [6.45, 7) is 0.314. The van der Waals surface area contributed by atoms with Gasteiger partial charge in [0.15, 0.2) is 0 Å². The summed E-state index contributed by atoms with van der Waals surface area (Å²) in [7, 11) is 0.